The van der Waals surface area contributed by atoms with Crippen molar-refractivity contribution in [3.8, 4) is 22.4 Å². The Bertz CT molecular complexity index is 686. The molecule has 0 atom stereocenters. The summed E-state index contributed by atoms with van der Waals surface area (Å²) in [6, 6.07) is 9.53. The summed E-state index contributed by atoms with van der Waals surface area (Å²) in [4.78, 5) is 16.9. The van der Waals surface area contributed by atoms with Crippen LogP contribution in [0.4, 0.5) is 0 Å². The Hall–Kier alpha value is -2.39. The number of methoxy groups -OCH3 is 1. The number of thiazole rings is 1. The minimum Gasteiger partial charge on any atom is -0.497 e. The van der Waals surface area contributed by atoms with Crippen molar-refractivity contribution in [3.63, 3.8) is 0 Å². The van der Waals surface area contributed by atoms with Crippen LogP contribution in [0.15, 0.2) is 24.3 Å². The van der Waals surface area contributed by atoms with E-state index in [1.807, 2.05) is 30.3 Å². The fraction of sp³-hybridized carbons (Fsp3) is 0.312. The zero-order chi connectivity index (χ0) is 15.9. The topological polar surface area (TPSA) is 72.2 Å². The number of ether oxygens (including phenoxy) is 2. The van der Waals surface area contributed by atoms with Crippen LogP contribution in [-0.4, -0.2) is 24.7 Å². The lowest BCUT2D eigenvalue weighted by atomic mass is 10.2. The molecular weight excluding hydrogens is 300 g/mol. The molecule has 0 fully saturated rings. The SMILES string of the molecule is COc1ccc(-c2nc(C)c(C(=O)OCCCC#N)s2)cc1. The number of hydrogen-bond acceptors (Lipinski definition) is 6. The summed E-state index contributed by atoms with van der Waals surface area (Å²) in [6.45, 7) is 2.04. The van der Waals surface area contributed by atoms with E-state index in [9.17, 15) is 4.79 Å². The van der Waals surface area contributed by atoms with E-state index < -0.39 is 0 Å². The lowest BCUT2D eigenvalue weighted by Crippen LogP contribution is -2.05. The van der Waals surface area contributed by atoms with Crippen molar-refractivity contribution in [2.45, 2.75) is 19.8 Å². The fourth-order valence-corrected chi connectivity index (χ4v) is 2.79. The maximum atomic E-state index is 12.0. The van der Waals surface area contributed by atoms with E-state index in [1.54, 1.807) is 14.0 Å². The predicted octanol–water partition coefficient (Wildman–Crippen LogP) is 3.59. The Labute approximate surface area is 133 Å². The number of carbonyl (C=O) groups is 1. The molecule has 2 aromatic rings. The van der Waals surface area contributed by atoms with Crippen molar-refractivity contribution in [1.29, 1.82) is 5.26 Å². The van der Waals surface area contributed by atoms with Crippen LogP contribution in [0.3, 0.4) is 0 Å². The fourth-order valence-electron chi connectivity index (χ4n) is 1.82. The molecule has 22 heavy (non-hydrogen) atoms. The van der Waals surface area contributed by atoms with Crippen molar-refractivity contribution >= 4 is 17.3 Å². The van der Waals surface area contributed by atoms with Gasteiger partial charge < -0.3 is 9.47 Å². The molecule has 0 aliphatic carbocycles. The summed E-state index contributed by atoms with van der Waals surface area (Å²) in [5.74, 6) is 0.391. The van der Waals surface area contributed by atoms with E-state index in [2.05, 4.69) is 4.98 Å². The minimum atomic E-state index is -0.382. The molecule has 0 bridgehead atoms. The van der Waals surface area contributed by atoms with Gasteiger partial charge in [-0.3, -0.25) is 0 Å². The number of carbonyl (C=O) groups excluding carboxylic acids is 1. The number of aryl methyl sites for hydroxylation is 1. The number of rotatable bonds is 6. The first-order valence-corrected chi connectivity index (χ1v) is 7.63. The number of nitriles is 1. The van der Waals surface area contributed by atoms with E-state index in [-0.39, 0.29) is 12.6 Å². The van der Waals surface area contributed by atoms with Gasteiger partial charge in [-0.15, -0.1) is 11.3 Å². The Morgan fingerprint density at radius 2 is 2.09 bits per heavy atom. The van der Waals surface area contributed by atoms with Gasteiger partial charge >= 0.3 is 5.97 Å². The third-order valence-corrected chi connectivity index (χ3v) is 4.17. The van der Waals surface area contributed by atoms with Crippen molar-refractivity contribution in [3.05, 3.63) is 34.8 Å². The summed E-state index contributed by atoms with van der Waals surface area (Å²) in [7, 11) is 1.61. The van der Waals surface area contributed by atoms with Crippen molar-refractivity contribution in [2.75, 3.05) is 13.7 Å². The zero-order valence-electron chi connectivity index (χ0n) is 12.5. The first-order valence-electron chi connectivity index (χ1n) is 6.81. The van der Waals surface area contributed by atoms with Gasteiger partial charge in [0, 0.05) is 12.0 Å². The lowest BCUT2D eigenvalue weighted by Gasteiger charge is -2.01. The number of nitrogens with zero attached hydrogens (tertiary/aromatic N) is 2. The van der Waals surface area contributed by atoms with Crippen LogP contribution < -0.4 is 4.74 Å². The maximum Gasteiger partial charge on any atom is 0.350 e. The van der Waals surface area contributed by atoms with Crippen LogP contribution >= 0.6 is 11.3 Å². The van der Waals surface area contributed by atoms with Gasteiger partial charge in [0.1, 0.15) is 15.6 Å². The first kappa shape index (κ1) is 16.0. The van der Waals surface area contributed by atoms with Crippen LogP contribution in [0.2, 0.25) is 0 Å². The largest absolute Gasteiger partial charge is 0.497 e. The summed E-state index contributed by atoms with van der Waals surface area (Å²) in [6.07, 6.45) is 0.928. The summed E-state index contributed by atoms with van der Waals surface area (Å²) in [5, 5.41) is 9.22. The third kappa shape index (κ3) is 3.83. The molecule has 1 aromatic heterocycles. The Morgan fingerprint density at radius 3 is 2.73 bits per heavy atom. The van der Waals surface area contributed by atoms with Crippen LogP contribution in [0, 0.1) is 18.3 Å². The van der Waals surface area contributed by atoms with E-state index in [0.717, 1.165) is 16.3 Å². The monoisotopic (exact) mass is 316 g/mol. The molecule has 6 heteroatoms. The normalized spacial score (nSPS) is 10.0. The molecule has 1 aromatic carbocycles. The third-order valence-electron chi connectivity index (χ3n) is 2.99. The van der Waals surface area contributed by atoms with Gasteiger partial charge in [0.2, 0.25) is 0 Å². The van der Waals surface area contributed by atoms with E-state index >= 15 is 0 Å². The number of unbranched alkanes of at least 4 members (excludes halogenated alkanes) is 1. The average Bonchev–Trinajstić information content (AvgIpc) is 2.93. The van der Waals surface area contributed by atoms with Gasteiger partial charge in [-0.05, 0) is 37.6 Å². The molecule has 0 saturated heterocycles. The number of aromatic nitrogens is 1. The molecule has 0 saturated carbocycles. The highest BCUT2D eigenvalue weighted by Crippen LogP contribution is 2.29. The Morgan fingerprint density at radius 1 is 1.36 bits per heavy atom. The van der Waals surface area contributed by atoms with Gasteiger partial charge in [-0.2, -0.15) is 5.26 Å². The highest BCUT2D eigenvalue weighted by Gasteiger charge is 2.17. The van der Waals surface area contributed by atoms with Crippen molar-refractivity contribution in [2.24, 2.45) is 0 Å². The molecule has 0 unspecified atom stereocenters. The second-order valence-corrected chi connectivity index (χ2v) is 5.56. The molecule has 0 spiro atoms. The molecule has 0 aliphatic rings. The summed E-state index contributed by atoms with van der Waals surface area (Å²) >= 11 is 1.31. The van der Waals surface area contributed by atoms with Crippen molar-refractivity contribution < 1.29 is 14.3 Å². The molecule has 2 rings (SSSR count). The zero-order valence-corrected chi connectivity index (χ0v) is 13.3. The van der Waals surface area contributed by atoms with Crippen molar-refractivity contribution in [1.82, 2.24) is 4.98 Å². The Balaban J connectivity index is 2.10. The molecule has 0 radical (unpaired) electrons. The highest BCUT2D eigenvalue weighted by atomic mass is 32.1. The number of esters is 1. The first-order chi connectivity index (χ1) is 10.7. The van der Waals surface area contributed by atoms with Gasteiger partial charge in [0.25, 0.3) is 0 Å². The van der Waals surface area contributed by atoms with Crippen LogP contribution in [0.1, 0.15) is 28.2 Å². The quantitative estimate of drug-likeness (QED) is 0.601. The lowest BCUT2D eigenvalue weighted by molar-refractivity contribution is 0.0506. The van der Waals surface area contributed by atoms with Gasteiger partial charge in [-0.25, -0.2) is 9.78 Å². The van der Waals surface area contributed by atoms with Gasteiger partial charge in [-0.1, -0.05) is 0 Å². The van der Waals surface area contributed by atoms with E-state index in [0.29, 0.717) is 23.4 Å². The molecule has 0 amide bonds. The number of hydrogen-bond donors (Lipinski definition) is 0. The van der Waals surface area contributed by atoms with E-state index in [1.165, 1.54) is 11.3 Å². The predicted molar refractivity (Wildman–Crippen MR) is 84.0 cm³/mol. The maximum absolute atomic E-state index is 12.0. The molecule has 114 valence electrons. The molecule has 5 nitrogen and oxygen atoms in total. The second kappa shape index (κ2) is 7.57. The van der Waals surface area contributed by atoms with Crippen LogP contribution in [-0.2, 0) is 4.74 Å². The molecule has 0 N–H and O–H groups in total. The molecule has 0 aliphatic heterocycles. The summed E-state index contributed by atoms with van der Waals surface area (Å²) in [5.41, 5.74) is 1.58. The van der Waals surface area contributed by atoms with Crippen LogP contribution in [0.25, 0.3) is 10.6 Å². The van der Waals surface area contributed by atoms with Gasteiger partial charge in [0.05, 0.1) is 25.5 Å². The summed E-state index contributed by atoms with van der Waals surface area (Å²) < 4.78 is 10.3. The molecular formula is C16H16N2O3S. The van der Waals surface area contributed by atoms with E-state index in [4.69, 9.17) is 14.7 Å². The van der Waals surface area contributed by atoms with Crippen LogP contribution in [0.5, 0.6) is 5.75 Å². The highest BCUT2D eigenvalue weighted by molar-refractivity contribution is 7.17. The second-order valence-electron chi connectivity index (χ2n) is 4.56. The smallest absolute Gasteiger partial charge is 0.350 e. The minimum absolute atomic E-state index is 0.252. The average molecular weight is 316 g/mol. The number of benzene rings is 1. The molecule has 1 heterocycles. The standard InChI is InChI=1S/C16H16N2O3S/c1-11-14(16(19)21-10-4-3-9-17)22-15(18-11)12-5-7-13(20-2)8-6-12/h5-8H,3-4,10H2,1-2H3. The van der Waals surface area contributed by atoms with Gasteiger partial charge in [0.15, 0.2) is 0 Å². The Kier molecular flexibility index (Phi) is 5.50.